The molecule has 21 heavy (non-hydrogen) atoms. The molecule has 0 bridgehead atoms. The lowest BCUT2D eigenvalue weighted by Crippen LogP contribution is -2.38. The lowest BCUT2D eigenvalue weighted by molar-refractivity contribution is 0.167. The standard InChI is InChI=1S/C16H23NO3S/c1-16(6-2-8-21(18,19)12-16)11-20-15-4-3-14-10-17-7-5-13(14)9-15/h3-4,9,17H,2,5-8,10-12H2,1H3. The van der Waals surface area contributed by atoms with Crippen LogP contribution in [-0.2, 0) is 22.8 Å². The third-order valence-electron chi connectivity index (χ3n) is 4.46. The third kappa shape index (κ3) is 3.58. The fraction of sp³-hybridized carbons (Fsp3) is 0.625. The van der Waals surface area contributed by atoms with E-state index in [2.05, 4.69) is 17.4 Å². The first kappa shape index (κ1) is 14.9. The predicted octanol–water partition coefficient (Wildman–Crippen LogP) is 1.93. The molecular weight excluding hydrogens is 286 g/mol. The number of hydrogen-bond acceptors (Lipinski definition) is 4. The van der Waals surface area contributed by atoms with E-state index in [0.717, 1.165) is 38.1 Å². The molecule has 1 unspecified atom stereocenters. The van der Waals surface area contributed by atoms with Gasteiger partial charge >= 0.3 is 0 Å². The average molecular weight is 309 g/mol. The Morgan fingerprint density at radius 3 is 3.00 bits per heavy atom. The summed E-state index contributed by atoms with van der Waals surface area (Å²) >= 11 is 0. The number of rotatable bonds is 3. The number of fused-ring (bicyclic) bond motifs is 1. The van der Waals surface area contributed by atoms with Gasteiger partial charge in [0.1, 0.15) is 5.75 Å². The van der Waals surface area contributed by atoms with Crippen molar-refractivity contribution in [3.8, 4) is 5.75 Å². The quantitative estimate of drug-likeness (QED) is 0.927. The molecule has 0 amide bonds. The normalized spacial score (nSPS) is 27.9. The van der Waals surface area contributed by atoms with E-state index in [1.165, 1.54) is 11.1 Å². The van der Waals surface area contributed by atoms with Crippen molar-refractivity contribution in [3.63, 3.8) is 0 Å². The predicted molar refractivity (Wildman–Crippen MR) is 83.3 cm³/mol. The molecule has 5 heteroatoms. The lowest BCUT2D eigenvalue weighted by Gasteiger charge is -2.33. The monoisotopic (exact) mass is 309 g/mol. The summed E-state index contributed by atoms with van der Waals surface area (Å²) in [6, 6.07) is 6.21. The van der Waals surface area contributed by atoms with Gasteiger partial charge in [0.25, 0.3) is 0 Å². The summed E-state index contributed by atoms with van der Waals surface area (Å²) in [5.74, 6) is 1.43. The highest BCUT2D eigenvalue weighted by Crippen LogP contribution is 2.32. The Kier molecular flexibility index (Phi) is 3.97. The first-order chi connectivity index (χ1) is 9.96. The number of hydrogen-bond donors (Lipinski definition) is 1. The third-order valence-corrected chi connectivity index (χ3v) is 6.50. The second kappa shape index (κ2) is 5.61. The molecule has 1 aromatic rings. The minimum atomic E-state index is -2.90. The van der Waals surface area contributed by atoms with Crippen LogP contribution in [0.1, 0.15) is 30.9 Å². The van der Waals surface area contributed by atoms with Crippen molar-refractivity contribution in [2.24, 2.45) is 5.41 Å². The molecule has 1 aromatic carbocycles. The lowest BCUT2D eigenvalue weighted by atomic mass is 9.88. The number of ether oxygens (including phenoxy) is 1. The second-order valence-electron chi connectivity index (χ2n) is 6.65. The Labute approximate surface area is 126 Å². The highest BCUT2D eigenvalue weighted by Gasteiger charge is 2.35. The largest absolute Gasteiger partial charge is 0.493 e. The molecule has 2 aliphatic heterocycles. The van der Waals surface area contributed by atoms with Gasteiger partial charge in [-0.05, 0) is 49.1 Å². The van der Waals surface area contributed by atoms with Crippen molar-refractivity contribution in [1.82, 2.24) is 5.32 Å². The Morgan fingerprint density at radius 1 is 1.33 bits per heavy atom. The first-order valence-corrected chi connectivity index (χ1v) is 9.44. The minimum absolute atomic E-state index is 0.245. The molecule has 0 aliphatic carbocycles. The number of benzene rings is 1. The van der Waals surface area contributed by atoms with Gasteiger partial charge in [0.2, 0.25) is 0 Å². The van der Waals surface area contributed by atoms with Gasteiger partial charge in [-0.25, -0.2) is 8.42 Å². The summed E-state index contributed by atoms with van der Waals surface area (Å²) in [7, 11) is -2.90. The second-order valence-corrected chi connectivity index (χ2v) is 8.84. The molecule has 0 spiro atoms. The number of nitrogens with one attached hydrogen (secondary N) is 1. The smallest absolute Gasteiger partial charge is 0.150 e. The van der Waals surface area contributed by atoms with Crippen LogP contribution in [0.4, 0.5) is 0 Å². The maximum absolute atomic E-state index is 11.8. The van der Waals surface area contributed by atoms with Gasteiger partial charge in [-0.3, -0.25) is 0 Å². The van der Waals surface area contributed by atoms with Crippen LogP contribution in [0.5, 0.6) is 5.75 Å². The summed E-state index contributed by atoms with van der Waals surface area (Å²) in [6.45, 7) is 4.42. The van der Waals surface area contributed by atoms with Gasteiger partial charge in [-0.1, -0.05) is 13.0 Å². The van der Waals surface area contributed by atoms with Gasteiger partial charge in [-0.2, -0.15) is 0 Å². The first-order valence-electron chi connectivity index (χ1n) is 7.62. The Morgan fingerprint density at radius 2 is 2.19 bits per heavy atom. The summed E-state index contributed by atoms with van der Waals surface area (Å²) in [5, 5.41) is 3.35. The summed E-state index contributed by atoms with van der Waals surface area (Å²) in [6.07, 6.45) is 2.69. The van der Waals surface area contributed by atoms with Gasteiger partial charge in [-0.15, -0.1) is 0 Å². The van der Waals surface area contributed by atoms with Crippen LogP contribution in [0.25, 0.3) is 0 Å². The molecule has 2 heterocycles. The molecule has 116 valence electrons. The van der Waals surface area contributed by atoms with E-state index in [-0.39, 0.29) is 11.2 Å². The van der Waals surface area contributed by atoms with Crippen LogP contribution in [-0.4, -0.2) is 33.1 Å². The topological polar surface area (TPSA) is 55.4 Å². The van der Waals surface area contributed by atoms with E-state index in [0.29, 0.717) is 12.4 Å². The molecule has 1 fully saturated rings. The van der Waals surface area contributed by atoms with Crippen LogP contribution in [0.3, 0.4) is 0 Å². The van der Waals surface area contributed by atoms with E-state index >= 15 is 0 Å². The summed E-state index contributed by atoms with van der Waals surface area (Å²) in [5.41, 5.74) is 2.42. The fourth-order valence-electron chi connectivity index (χ4n) is 3.31. The van der Waals surface area contributed by atoms with Crippen LogP contribution in [0, 0.1) is 5.41 Å². The molecule has 1 saturated heterocycles. The molecule has 0 aromatic heterocycles. The van der Waals surface area contributed by atoms with E-state index in [1.54, 1.807) is 0 Å². The maximum atomic E-state index is 11.8. The van der Waals surface area contributed by atoms with E-state index in [1.807, 2.05) is 13.0 Å². The van der Waals surface area contributed by atoms with Crippen molar-refractivity contribution in [2.75, 3.05) is 24.7 Å². The van der Waals surface area contributed by atoms with Crippen LogP contribution < -0.4 is 10.1 Å². The van der Waals surface area contributed by atoms with E-state index < -0.39 is 9.84 Å². The van der Waals surface area contributed by atoms with Crippen LogP contribution in [0.15, 0.2) is 18.2 Å². The van der Waals surface area contributed by atoms with Crippen molar-refractivity contribution in [2.45, 2.75) is 32.7 Å². The molecule has 2 aliphatic rings. The molecule has 1 atom stereocenters. The zero-order valence-corrected chi connectivity index (χ0v) is 13.3. The molecule has 0 saturated carbocycles. The molecule has 3 rings (SSSR count). The minimum Gasteiger partial charge on any atom is -0.493 e. The van der Waals surface area contributed by atoms with Gasteiger partial charge in [0.05, 0.1) is 18.1 Å². The van der Waals surface area contributed by atoms with Crippen molar-refractivity contribution >= 4 is 9.84 Å². The Hall–Kier alpha value is -1.07. The van der Waals surface area contributed by atoms with Gasteiger partial charge in [0, 0.05) is 12.0 Å². The highest BCUT2D eigenvalue weighted by atomic mass is 32.2. The Balaban J connectivity index is 1.67. The van der Waals surface area contributed by atoms with Crippen LogP contribution in [0.2, 0.25) is 0 Å². The average Bonchev–Trinajstić information content (AvgIpc) is 2.44. The molecular formula is C16H23NO3S. The number of sulfone groups is 1. The summed E-state index contributed by atoms with van der Waals surface area (Å²) in [4.78, 5) is 0. The zero-order valence-electron chi connectivity index (χ0n) is 12.5. The molecule has 0 radical (unpaired) electrons. The van der Waals surface area contributed by atoms with Crippen molar-refractivity contribution < 1.29 is 13.2 Å². The van der Waals surface area contributed by atoms with Crippen LogP contribution >= 0.6 is 0 Å². The van der Waals surface area contributed by atoms with Crippen molar-refractivity contribution in [1.29, 1.82) is 0 Å². The Bertz CT molecular complexity index is 626. The van der Waals surface area contributed by atoms with Gasteiger partial charge < -0.3 is 10.1 Å². The maximum Gasteiger partial charge on any atom is 0.150 e. The molecule has 1 N–H and O–H groups in total. The fourth-order valence-corrected chi connectivity index (χ4v) is 5.33. The van der Waals surface area contributed by atoms with Gasteiger partial charge in [0.15, 0.2) is 9.84 Å². The van der Waals surface area contributed by atoms with E-state index in [4.69, 9.17) is 4.74 Å². The zero-order chi connectivity index (χ0) is 14.9. The van der Waals surface area contributed by atoms with Crippen molar-refractivity contribution in [3.05, 3.63) is 29.3 Å². The SMILES string of the molecule is CC1(COc2ccc3c(c2)CCNC3)CCCS(=O)(=O)C1. The summed E-state index contributed by atoms with van der Waals surface area (Å²) < 4.78 is 29.5. The molecule has 4 nitrogen and oxygen atoms in total. The van der Waals surface area contributed by atoms with E-state index in [9.17, 15) is 8.42 Å². The highest BCUT2D eigenvalue weighted by molar-refractivity contribution is 7.91.